The van der Waals surface area contributed by atoms with Gasteiger partial charge in [0.1, 0.15) is 0 Å². The lowest BCUT2D eigenvalue weighted by atomic mass is 9.63. The zero-order chi connectivity index (χ0) is 18.5. The predicted molar refractivity (Wildman–Crippen MR) is 113 cm³/mol. The molecular weight excluding hydrogens is 314 g/mol. The zero-order valence-corrected chi connectivity index (χ0v) is 16.9. The van der Waals surface area contributed by atoms with Crippen molar-refractivity contribution in [3.05, 3.63) is 59.9 Å². The monoisotopic (exact) mass is 345 g/mol. The number of aromatic nitrogens is 1. The molecule has 1 aliphatic rings. The Bertz CT molecular complexity index is 955. The van der Waals surface area contributed by atoms with Crippen molar-refractivity contribution in [3.63, 3.8) is 0 Å². The summed E-state index contributed by atoms with van der Waals surface area (Å²) in [6.07, 6.45) is 8.17. The summed E-state index contributed by atoms with van der Waals surface area (Å²) in [5.74, 6) is 0. The number of rotatable bonds is 3. The lowest BCUT2D eigenvalue weighted by Gasteiger charge is -2.42. The van der Waals surface area contributed by atoms with Crippen LogP contribution in [0, 0.1) is 0 Å². The van der Waals surface area contributed by atoms with E-state index in [0.717, 1.165) is 6.54 Å². The maximum atomic E-state index is 2.47. The lowest BCUT2D eigenvalue weighted by molar-refractivity contribution is 0.332. The van der Waals surface area contributed by atoms with Gasteiger partial charge in [-0.2, -0.15) is 0 Å². The second-order valence-corrected chi connectivity index (χ2v) is 9.37. The third kappa shape index (κ3) is 2.88. The van der Waals surface area contributed by atoms with Gasteiger partial charge in [-0.1, -0.05) is 58.9 Å². The van der Waals surface area contributed by atoms with Crippen molar-refractivity contribution in [2.75, 3.05) is 0 Å². The van der Waals surface area contributed by atoms with Crippen molar-refractivity contribution in [2.45, 2.75) is 71.3 Å². The van der Waals surface area contributed by atoms with E-state index in [4.69, 9.17) is 0 Å². The smallest absolute Gasteiger partial charge is 0.0217 e. The maximum absolute atomic E-state index is 2.47. The largest absolute Gasteiger partial charge is 0.354 e. The van der Waals surface area contributed by atoms with Crippen LogP contribution in [-0.4, -0.2) is 4.57 Å². The van der Waals surface area contributed by atoms with Crippen molar-refractivity contribution < 1.29 is 0 Å². The molecule has 1 aliphatic carbocycles. The minimum Gasteiger partial charge on any atom is -0.354 e. The van der Waals surface area contributed by atoms with Gasteiger partial charge in [0.05, 0.1) is 0 Å². The van der Waals surface area contributed by atoms with Crippen LogP contribution >= 0.6 is 0 Å². The molecule has 136 valence electrons. The van der Waals surface area contributed by atoms with Gasteiger partial charge in [-0.3, -0.25) is 0 Å². The van der Waals surface area contributed by atoms with E-state index in [-0.39, 0.29) is 10.8 Å². The molecule has 1 heteroatoms. The highest BCUT2D eigenvalue weighted by Crippen LogP contribution is 2.47. The normalized spacial score (nSPS) is 18.0. The van der Waals surface area contributed by atoms with E-state index in [1.54, 1.807) is 11.1 Å². The molecule has 0 spiro atoms. The van der Waals surface area contributed by atoms with Gasteiger partial charge in [0.2, 0.25) is 0 Å². The third-order valence-electron chi connectivity index (χ3n) is 6.38. The fourth-order valence-electron chi connectivity index (χ4n) is 4.50. The van der Waals surface area contributed by atoms with Crippen molar-refractivity contribution >= 4 is 10.8 Å². The first-order chi connectivity index (χ1) is 12.3. The Labute approximate surface area is 158 Å². The van der Waals surface area contributed by atoms with Gasteiger partial charge in [-0.15, -0.1) is 0 Å². The van der Waals surface area contributed by atoms with E-state index in [2.05, 4.69) is 88.0 Å². The Morgan fingerprint density at radius 1 is 0.808 bits per heavy atom. The van der Waals surface area contributed by atoms with Gasteiger partial charge in [-0.25, -0.2) is 0 Å². The van der Waals surface area contributed by atoms with Crippen LogP contribution in [0.3, 0.4) is 0 Å². The van der Waals surface area contributed by atoms with Crippen LogP contribution in [0.2, 0.25) is 0 Å². The first-order valence-electron chi connectivity index (χ1n) is 10.1. The summed E-state index contributed by atoms with van der Waals surface area (Å²) in [5, 5.41) is 2.74. The van der Waals surface area contributed by atoms with E-state index >= 15 is 0 Å². The summed E-state index contributed by atoms with van der Waals surface area (Å²) >= 11 is 0. The molecule has 1 aromatic heterocycles. The molecular formula is C25H31N. The Hall–Kier alpha value is -2.02. The van der Waals surface area contributed by atoms with Crippen molar-refractivity contribution in [1.82, 2.24) is 4.57 Å². The highest BCUT2D eigenvalue weighted by Gasteiger charge is 2.37. The average Bonchev–Trinajstić information content (AvgIpc) is 3.07. The van der Waals surface area contributed by atoms with Crippen LogP contribution in [-0.2, 0) is 17.4 Å². The fourth-order valence-corrected chi connectivity index (χ4v) is 4.50. The van der Waals surface area contributed by atoms with Crippen molar-refractivity contribution in [2.24, 2.45) is 0 Å². The van der Waals surface area contributed by atoms with Crippen LogP contribution < -0.4 is 0 Å². The molecule has 0 atom stereocenters. The van der Waals surface area contributed by atoms with Gasteiger partial charge in [0.25, 0.3) is 0 Å². The Morgan fingerprint density at radius 2 is 1.46 bits per heavy atom. The average molecular weight is 346 g/mol. The third-order valence-corrected chi connectivity index (χ3v) is 6.38. The van der Waals surface area contributed by atoms with Crippen molar-refractivity contribution in [3.8, 4) is 11.1 Å². The molecule has 0 saturated heterocycles. The number of fused-ring (bicyclic) bond motifs is 2. The molecule has 0 saturated carbocycles. The number of hydrogen-bond acceptors (Lipinski definition) is 0. The molecule has 0 aliphatic heterocycles. The molecule has 2 aromatic carbocycles. The molecule has 0 radical (unpaired) electrons. The van der Waals surface area contributed by atoms with Gasteiger partial charge in [0.15, 0.2) is 0 Å². The second kappa shape index (κ2) is 6.01. The van der Waals surface area contributed by atoms with E-state index in [9.17, 15) is 0 Å². The van der Waals surface area contributed by atoms with E-state index in [1.807, 2.05) is 0 Å². The van der Waals surface area contributed by atoms with Crippen LogP contribution in [0.4, 0.5) is 0 Å². The molecule has 0 N–H and O–H groups in total. The standard InChI is InChI=1S/C25H31N/c1-6-12-26-13-9-20(17-26)18-7-8-19-15-22-23(16-21(19)14-18)25(4,5)11-10-24(22,2)3/h7-9,13-17H,6,10-12H2,1-5H3. The Kier molecular flexibility index (Phi) is 4.02. The van der Waals surface area contributed by atoms with Crippen LogP contribution in [0.15, 0.2) is 48.8 Å². The number of nitrogens with zero attached hydrogens (tertiary/aromatic N) is 1. The first-order valence-corrected chi connectivity index (χ1v) is 10.1. The minimum atomic E-state index is 0.263. The number of aryl methyl sites for hydroxylation is 1. The highest BCUT2D eigenvalue weighted by atomic mass is 14.9. The van der Waals surface area contributed by atoms with E-state index in [0.29, 0.717) is 0 Å². The molecule has 1 nitrogen and oxygen atoms in total. The quantitative estimate of drug-likeness (QED) is 0.478. The zero-order valence-electron chi connectivity index (χ0n) is 16.9. The van der Waals surface area contributed by atoms with Crippen LogP contribution in [0.5, 0.6) is 0 Å². The van der Waals surface area contributed by atoms with Gasteiger partial charge >= 0.3 is 0 Å². The molecule has 0 unspecified atom stereocenters. The van der Waals surface area contributed by atoms with E-state index < -0.39 is 0 Å². The molecule has 0 amide bonds. The summed E-state index contributed by atoms with van der Waals surface area (Å²) in [6.45, 7) is 12.9. The number of benzene rings is 2. The molecule has 3 aromatic rings. The van der Waals surface area contributed by atoms with Gasteiger partial charge in [0, 0.05) is 18.9 Å². The van der Waals surface area contributed by atoms with Gasteiger partial charge in [-0.05, 0) is 75.3 Å². The summed E-state index contributed by atoms with van der Waals surface area (Å²) in [6, 6.07) is 14.1. The second-order valence-electron chi connectivity index (χ2n) is 9.37. The molecule has 0 fully saturated rings. The molecule has 0 bridgehead atoms. The molecule has 26 heavy (non-hydrogen) atoms. The van der Waals surface area contributed by atoms with E-state index in [1.165, 1.54) is 41.2 Å². The van der Waals surface area contributed by atoms with Crippen molar-refractivity contribution in [1.29, 1.82) is 0 Å². The first kappa shape index (κ1) is 17.4. The highest BCUT2D eigenvalue weighted by molar-refractivity contribution is 5.89. The molecule has 1 heterocycles. The fraction of sp³-hybridized carbons (Fsp3) is 0.440. The van der Waals surface area contributed by atoms with Crippen LogP contribution in [0.1, 0.15) is 65.0 Å². The van der Waals surface area contributed by atoms with Gasteiger partial charge < -0.3 is 4.57 Å². The Morgan fingerprint density at radius 3 is 2.12 bits per heavy atom. The predicted octanol–water partition coefficient (Wildman–Crippen LogP) is 7.07. The molecule has 4 rings (SSSR count). The Balaban J connectivity index is 1.84. The number of hydrogen-bond donors (Lipinski definition) is 0. The summed E-state index contributed by atoms with van der Waals surface area (Å²) < 4.78 is 2.29. The van der Waals surface area contributed by atoms with Crippen LogP contribution in [0.25, 0.3) is 21.9 Å². The summed E-state index contributed by atoms with van der Waals surface area (Å²) in [4.78, 5) is 0. The minimum absolute atomic E-state index is 0.263. The summed E-state index contributed by atoms with van der Waals surface area (Å²) in [7, 11) is 0. The summed E-state index contributed by atoms with van der Waals surface area (Å²) in [5.41, 5.74) is 6.26. The topological polar surface area (TPSA) is 4.93 Å². The maximum Gasteiger partial charge on any atom is 0.0217 e. The lowest BCUT2D eigenvalue weighted by Crippen LogP contribution is -2.33. The SMILES string of the molecule is CCCn1ccc(-c2ccc3cc4c(cc3c2)C(C)(C)CCC4(C)C)c1.